The van der Waals surface area contributed by atoms with Crippen LogP contribution in [0, 0.1) is 0 Å². The van der Waals surface area contributed by atoms with Crippen LogP contribution in [-0.2, 0) is 66.1 Å². The zero-order valence-corrected chi connectivity index (χ0v) is 37.8. The molecule has 2 aliphatic rings. The summed E-state index contributed by atoms with van der Waals surface area (Å²) in [6.07, 6.45) is -4.84. The molecule has 6 atom stereocenters. The molecule has 9 rings (SSSR count). The minimum absolute atomic E-state index is 0.117. The van der Waals surface area contributed by atoms with Crippen molar-refractivity contribution in [3.63, 3.8) is 0 Å². The van der Waals surface area contributed by atoms with Gasteiger partial charge in [0.2, 0.25) is 0 Å². The van der Waals surface area contributed by atoms with Crippen molar-refractivity contribution >= 4 is 6.09 Å². The molecule has 1 saturated heterocycles. The number of carbonyl (C=O) groups is 1. The van der Waals surface area contributed by atoms with Gasteiger partial charge < -0.3 is 33.2 Å². The molecule has 342 valence electrons. The van der Waals surface area contributed by atoms with Crippen LogP contribution < -0.4 is 0 Å². The predicted octanol–water partition coefficient (Wildman–Crippen LogP) is 11.2. The van der Waals surface area contributed by atoms with Crippen LogP contribution in [0.2, 0.25) is 0 Å². The molecule has 0 radical (unpaired) electrons. The van der Waals surface area contributed by atoms with Crippen molar-refractivity contribution in [3.8, 4) is 11.1 Å². The van der Waals surface area contributed by atoms with Crippen molar-refractivity contribution in [2.24, 2.45) is 0 Å². The largest absolute Gasteiger partial charge is 0.448 e. The lowest BCUT2D eigenvalue weighted by Crippen LogP contribution is -2.59. The predicted molar refractivity (Wildman–Crippen MR) is 258 cm³/mol. The Bertz CT molecular complexity index is 2540. The van der Waals surface area contributed by atoms with Gasteiger partial charge in [-0.2, -0.15) is 0 Å². The van der Waals surface area contributed by atoms with Gasteiger partial charge in [-0.25, -0.2) is 4.79 Å². The third kappa shape index (κ3) is 11.4. The number of carbonyl (C=O) groups excluding carboxylic acids is 1. The summed E-state index contributed by atoms with van der Waals surface area (Å²) in [7, 11) is 1.59. The lowest BCUT2D eigenvalue weighted by Gasteiger charge is -2.41. The van der Waals surface area contributed by atoms with Crippen molar-refractivity contribution in [2.45, 2.75) is 75.6 Å². The van der Waals surface area contributed by atoms with Gasteiger partial charge in [-0.05, 0) is 50.1 Å². The van der Waals surface area contributed by atoms with Crippen LogP contribution in [0.3, 0.4) is 0 Å². The second kappa shape index (κ2) is 22.8. The summed E-state index contributed by atoms with van der Waals surface area (Å²) in [6, 6.07) is 65.7. The van der Waals surface area contributed by atoms with Crippen molar-refractivity contribution in [2.75, 3.05) is 20.3 Å². The summed E-state index contributed by atoms with van der Waals surface area (Å²) >= 11 is 0. The van der Waals surface area contributed by atoms with Crippen molar-refractivity contribution in [3.05, 3.63) is 239 Å². The highest BCUT2D eigenvalue weighted by molar-refractivity contribution is 5.79. The quantitative estimate of drug-likeness (QED) is 0.0794. The Morgan fingerprint density at radius 3 is 1.39 bits per heavy atom. The Morgan fingerprint density at radius 2 is 0.896 bits per heavy atom. The molecule has 7 aromatic rings. The Balaban J connectivity index is 1.13. The minimum atomic E-state index is -1.05. The summed E-state index contributed by atoms with van der Waals surface area (Å²) < 4.78 is 47.9. The molecular weight excluding hydrogens is 839 g/mol. The van der Waals surface area contributed by atoms with Gasteiger partial charge in [-0.3, -0.25) is 4.90 Å². The number of hydrogen-bond acceptors (Lipinski definition) is 8. The van der Waals surface area contributed by atoms with E-state index in [0.717, 1.165) is 50.1 Å². The van der Waals surface area contributed by atoms with Gasteiger partial charge in [0.05, 0.1) is 33.0 Å². The molecule has 9 heteroatoms. The lowest BCUT2D eigenvalue weighted by molar-refractivity contribution is -0.218. The van der Waals surface area contributed by atoms with Crippen LogP contribution in [-0.4, -0.2) is 68.1 Å². The van der Waals surface area contributed by atoms with Gasteiger partial charge in [0.25, 0.3) is 0 Å². The van der Waals surface area contributed by atoms with Crippen LogP contribution in [0.15, 0.2) is 200 Å². The van der Waals surface area contributed by atoms with E-state index in [2.05, 4.69) is 24.3 Å². The summed E-state index contributed by atoms with van der Waals surface area (Å²) in [5.74, 6) is -0.160. The van der Waals surface area contributed by atoms with Crippen molar-refractivity contribution < 1.29 is 38.0 Å². The molecule has 1 amide bonds. The first kappa shape index (κ1) is 45.7. The molecule has 9 nitrogen and oxygen atoms in total. The summed E-state index contributed by atoms with van der Waals surface area (Å²) in [5.41, 5.74) is 9.32. The standard InChI is InChI=1S/C58H57NO8/c1-61-57-53(59(35-42-21-7-2-8-22-42)58(60)66-40-51-49-33-19-17-31-47(49)48-32-18-20-34-50(48)51)55(64-38-45-27-13-5-14-28-45)56(65-39-46-29-15-6-16-30-46)54(63-37-44-25-11-4-12-26-44)52(67-57)41-62-36-43-23-9-3-10-24-43/h2-34,51-57H,35-41H2,1H3/t52-,53-,54-,55-,56+,57-/m1/s1. The number of benzene rings is 7. The van der Waals surface area contributed by atoms with E-state index in [9.17, 15) is 0 Å². The summed E-state index contributed by atoms with van der Waals surface area (Å²) in [6.45, 7) is 1.43. The Kier molecular flexibility index (Phi) is 15.6. The second-order valence-corrected chi connectivity index (χ2v) is 17.0. The lowest BCUT2D eigenvalue weighted by atomic mass is 9.96. The van der Waals surface area contributed by atoms with E-state index in [0.29, 0.717) is 6.61 Å². The number of amides is 1. The topological polar surface area (TPSA) is 84.9 Å². The highest BCUT2D eigenvalue weighted by atomic mass is 16.7. The summed E-state index contributed by atoms with van der Waals surface area (Å²) in [5, 5.41) is 0. The van der Waals surface area contributed by atoms with Gasteiger partial charge in [-0.15, -0.1) is 0 Å². The maximum atomic E-state index is 15.4. The first-order chi connectivity index (χ1) is 33.1. The van der Waals surface area contributed by atoms with E-state index in [4.69, 9.17) is 33.2 Å². The molecule has 0 aromatic heterocycles. The highest BCUT2D eigenvalue weighted by Crippen LogP contribution is 2.45. The van der Waals surface area contributed by atoms with Gasteiger partial charge >= 0.3 is 6.09 Å². The Morgan fingerprint density at radius 1 is 0.478 bits per heavy atom. The number of fused-ring (bicyclic) bond motifs is 3. The van der Waals surface area contributed by atoms with E-state index < -0.39 is 42.8 Å². The Labute approximate surface area is 393 Å². The Hall–Kier alpha value is -6.43. The van der Waals surface area contributed by atoms with Gasteiger partial charge in [0, 0.05) is 19.6 Å². The first-order valence-electron chi connectivity index (χ1n) is 23.0. The molecule has 0 spiro atoms. The molecule has 0 unspecified atom stereocenters. The number of rotatable bonds is 19. The van der Waals surface area contributed by atoms with Crippen molar-refractivity contribution in [1.29, 1.82) is 0 Å². The van der Waals surface area contributed by atoms with E-state index >= 15 is 4.79 Å². The molecule has 1 fully saturated rings. The zero-order chi connectivity index (χ0) is 45.6. The number of nitrogens with zero attached hydrogens (tertiary/aromatic N) is 1. The minimum Gasteiger partial charge on any atom is -0.448 e. The fourth-order valence-corrected chi connectivity index (χ4v) is 9.23. The third-order valence-electron chi connectivity index (χ3n) is 12.5. The molecule has 0 saturated carbocycles. The highest BCUT2D eigenvalue weighted by Gasteiger charge is 2.53. The van der Waals surface area contributed by atoms with Crippen LogP contribution in [0.1, 0.15) is 44.9 Å². The fourth-order valence-electron chi connectivity index (χ4n) is 9.23. The van der Waals surface area contributed by atoms with Crippen molar-refractivity contribution in [1.82, 2.24) is 4.90 Å². The molecular formula is C58H57NO8. The summed E-state index contributed by atoms with van der Waals surface area (Å²) in [4.78, 5) is 17.1. The maximum Gasteiger partial charge on any atom is 0.410 e. The van der Waals surface area contributed by atoms with Gasteiger partial charge in [0.1, 0.15) is 37.1 Å². The van der Waals surface area contributed by atoms with E-state index in [1.54, 1.807) is 12.0 Å². The SMILES string of the molecule is CO[C@@H]1O[C@H](COCc2ccccc2)[C@@H](OCc2ccccc2)[C@H](OCc2ccccc2)[C@H](OCc2ccccc2)[C@H]1N(Cc1ccccc1)C(=O)OCC1c2ccccc2-c2ccccc21. The fraction of sp³-hybridized carbons (Fsp3) is 0.259. The first-order valence-corrected chi connectivity index (χ1v) is 23.0. The average molecular weight is 896 g/mol. The maximum absolute atomic E-state index is 15.4. The normalized spacial score (nSPS) is 20.1. The second-order valence-electron chi connectivity index (χ2n) is 17.0. The molecule has 7 aromatic carbocycles. The molecule has 1 aliphatic heterocycles. The molecule has 0 bridgehead atoms. The zero-order valence-electron chi connectivity index (χ0n) is 37.8. The van der Waals surface area contributed by atoms with E-state index in [1.165, 1.54) is 0 Å². The molecule has 1 heterocycles. The van der Waals surface area contributed by atoms with Crippen LogP contribution in [0.5, 0.6) is 0 Å². The molecule has 0 N–H and O–H groups in total. The van der Waals surface area contributed by atoms with Crippen LogP contribution in [0.4, 0.5) is 4.79 Å². The molecule has 1 aliphatic carbocycles. The average Bonchev–Trinajstić information content (AvgIpc) is 3.64. The monoisotopic (exact) mass is 895 g/mol. The van der Waals surface area contributed by atoms with E-state index in [-0.39, 0.29) is 45.5 Å². The van der Waals surface area contributed by atoms with Crippen LogP contribution in [0.25, 0.3) is 11.1 Å². The van der Waals surface area contributed by atoms with Crippen LogP contribution >= 0.6 is 0 Å². The number of methoxy groups -OCH3 is 1. The van der Waals surface area contributed by atoms with Gasteiger partial charge in [0.15, 0.2) is 6.29 Å². The number of hydrogen-bond donors (Lipinski definition) is 0. The van der Waals surface area contributed by atoms with E-state index in [1.807, 2.05) is 176 Å². The smallest absolute Gasteiger partial charge is 0.410 e. The third-order valence-corrected chi connectivity index (χ3v) is 12.5. The number of ether oxygens (including phenoxy) is 7. The molecule has 67 heavy (non-hydrogen) atoms. The van der Waals surface area contributed by atoms with Gasteiger partial charge in [-0.1, -0.05) is 200 Å².